The van der Waals surface area contributed by atoms with Crippen LogP contribution in [0.4, 0.5) is 0 Å². The highest BCUT2D eigenvalue weighted by molar-refractivity contribution is 5.28. The second-order valence-electron chi connectivity index (χ2n) is 5.55. The zero-order chi connectivity index (χ0) is 15.4. The summed E-state index contributed by atoms with van der Waals surface area (Å²) < 4.78 is 15.8. The van der Waals surface area contributed by atoms with Crippen molar-refractivity contribution >= 4 is 0 Å². The van der Waals surface area contributed by atoms with Gasteiger partial charge in [0.25, 0.3) is 0 Å². The maximum absolute atomic E-state index is 6.25. The Balaban J connectivity index is 1.64. The molecule has 0 unspecified atom stereocenters. The minimum absolute atomic E-state index is 0.207. The van der Waals surface area contributed by atoms with Gasteiger partial charge in [0.05, 0.1) is 13.2 Å². The van der Waals surface area contributed by atoms with Crippen LogP contribution in [0.15, 0.2) is 28.8 Å². The molecule has 6 heteroatoms. The van der Waals surface area contributed by atoms with Crippen molar-refractivity contribution in [1.29, 1.82) is 0 Å². The molecule has 2 heterocycles. The van der Waals surface area contributed by atoms with Crippen LogP contribution < -0.4 is 10.5 Å². The molecule has 2 aromatic rings. The Morgan fingerprint density at radius 3 is 2.68 bits per heavy atom. The molecule has 0 aliphatic carbocycles. The standard InChI is InChI=1S/C16H21N3O3/c1-20-13-4-2-11(3-5-13)10-14-18-16(22-19-14)15(17)12-6-8-21-9-7-12/h2-5,12,15H,6-10,17H2,1H3/t15-/m0/s1. The fourth-order valence-electron chi connectivity index (χ4n) is 2.68. The average Bonchev–Trinajstić information content (AvgIpc) is 3.04. The van der Waals surface area contributed by atoms with E-state index in [1.807, 2.05) is 24.3 Å². The van der Waals surface area contributed by atoms with Gasteiger partial charge in [-0.1, -0.05) is 17.3 Å². The van der Waals surface area contributed by atoms with Crippen LogP contribution in [0.2, 0.25) is 0 Å². The van der Waals surface area contributed by atoms with E-state index in [-0.39, 0.29) is 6.04 Å². The van der Waals surface area contributed by atoms with Crippen LogP contribution in [0.1, 0.15) is 36.2 Å². The SMILES string of the molecule is COc1ccc(Cc2noc([C@@H](N)C3CCOCC3)n2)cc1. The number of hydrogen-bond acceptors (Lipinski definition) is 6. The number of hydrogen-bond donors (Lipinski definition) is 1. The van der Waals surface area contributed by atoms with Crippen LogP contribution in [-0.2, 0) is 11.2 Å². The number of rotatable bonds is 5. The van der Waals surface area contributed by atoms with Crippen LogP contribution in [0, 0.1) is 5.92 Å². The highest BCUT2D eigenvalue weighted by Crippen LogP contribution is 2.27. The van der Waals surface area contributed by atoms with Gasteiger partial charge in [-0.05, 0) is 36.5 Å². The lowest BCUT2D eigenvalue weighted by molar-refractivity contribution is 0.0546. The van der Waals surface area contributed by atoms with Gasteiger partial charge in [0.1, 0.15) is 5.75 Å². The largest absolute Gasteiger partial charge is 0.497 e. The molecule has 1 saturated heterocycles. The van der Waals surface area contributed by atoms with E-state index in [1.54, 1.807) is 7.11 Å². The second-order valence-corrected chi connectivity index (χ2v) is 5.55. The quantitative estimate of drug-likeness (QED) is 0.910. The fourth-order valence-corrected chi connectivity index (χ4v) is 2.68. The molecule has 1 atom stereocenters. The molecule has 1 aromatic carbocycles. The van der Waals surface area contributed by atoms with Crippen molar-refractivity contribution in [3.8, 4) is 5.75 Å². The summed E-state index contributed by atoms with van der Waals surface area (Å²) >= 11 is 0. The molecule has 1 fully saturated rings. The first-order valence-corrected chi connectivity index (χ1v) is 7.55. The summed E-state index contributed by atoms with van der Waals surface area (Å²) in [5.41, 5.74) is 7.35. The van der Waals surface area contributed by atoms with Crippen molar-refractivity contribution in [1.82, 2.24) is 10.1 Å². The zero-order valence-electron chi connectivity index (χ0n) is 12.7. The Labute approximate surface area is 129 Å². The summed E-state index contributed by atoms with van der Waals surface area (Å²) in [6.07, 6.45) is 2.50. The molecule has 2 N–H and O–H groups in total. The Hall–Kier alpha value is -1.92. The molecule has 22 heavy (non-hydrogen) atoms. The van der Waals surface area contributed by atoms with Crippen LogP contribution in [0.5, 0.6) is 5.75 Å². The van der Waals surface area contributed by atoms with E-state index in [1.165, 1.54) is 0 Å². The average molecular weight is 303 g/mol. The molecular formula is C16H21N3O3. The lowest BCUT2D eigenvalue weighted by atomic mass is 9.92. The lowest BCUT2D eigenvalue weighted by Gasteiger charge is -2.25. The summed E-state index contributed by atoms with van der Waals surface area (Å²) in [4.78, 5) is 4.45. The molecule has 6 nitrogen and oxygen atoms in total. The first-order valence-electron chi connectivity index (χ1n) is 7.55. The van der Waals surface area contributed by atoms with Crippen LogP contribution in [-0.4, -0.2) is 30.5 Å². The second kappa shape index (κ2) is 6.89. The zero-order valence-corrected chi connectivity index (χ0v) is 12.7. The van der Waals surface area contributed by atoms with E-state index >= 15 is 0 Å². The predicted molar refractivity (Wildman–Crippen MR) is 80.6 cm³/mol. The molecule has 1 aliphatic rings. The maximum Gasteiger partial charge on any atom is 0.243 e. The number of nitrogens with two attached hydrogens (primary N) is 1. The van der Waals surface area contributed by atoms with Crippen molar-refractivity contribution in [2.45, 2.75) is 25.3 Å². The summed E-state index contributed by atoms with van der Waals surface area (Å²) in [5, 5.41) is 4.04. The fraction of sp³-hybridized carbons (Fsp3) is 0.500. The van der Waals surface area contributed by atoms with E-state index in [4.69, 9.17) is 19.7 Å². The first kappa shape index (κ1) is 15.0. The van der Waals surface area contributed by atoms with Crippen molar-refractivity contribution in [3.63, 3.8) is 0 Å². The van der Waals surface area contributed by atoms with E-state index in [0.29, 0.717) is 24.1 Å². The number of aromatic nitrogens is 2. The number of nitrogens with zero attached hydrogens (tertiary/aromatic N) is 2. The van der Waals surface area contributed by atoms with E-state index in [2.05, 4.69) is 10.1 Å². The Bertz CT molecular complexity index is 591. The van der Waals surface area contributed by atoms with Gasteiger partial charge in [0.2, 0.25) is 5.89 Å². The molecule has 1 aromatic heterocycles. The molecular weight excluding hydrogens is 282 g/mol. The van der Waals surface area contributed by atoms with Crippen LogP contribution >= 0.6 is 0 Å². The van der Waals surface area contributed by atoms with Crippen molar-refractivity contribution in [2.24, 2.45) is 11.7 Å². The third kappa shape index (κ3) is 3.45. The van der Waals surface area contributed by atoms with Gasteiger partial charge in [-0.25, -0.2) is 0 Å². The molecule has 0 spiro atoms. The van der Waals surface area contributed by atoms with Gasteiger partial charge in [0, 0.05) is 19.6 Å². The minimum Gasteiger partial charge on any atom is -0.497 e. The lowest BCUT2D eigenvalue weighted by Crippen LogP contribution is -2.27. The number of methoxy groups -OCH3 is 1. The van der Waals surface area contributed by atoms with Crippen molar-refractivity contribution < 1.29 is 14.0 Å². The van der Waals surface area contributed by atoms with Gasteiger partial charge in [0.15, 0.2) is 5.82 Å². The molecule has 1 aliphatic heterocycles. The summed E-state index contributed by atoms with van der Waals surface area (Å²) in [5.74, 6) is 2.36. The van der Waals surface area contributed by atoms with E-state index < -0.39 is 0 Å². The predicted octanol–water partition coefficient (Wildman–Crippen LogP) is 2.10. The van der Waals surface area contributed by atoms with Crippen LogP contribution in [0.25, 0.3) is 0 Å². The molecule has 0 saturated carbocycles. The number of benzene rings is 1. The molecule has 0 amide bonds. The Morgan fingerprint density at radius 1 is 1.27 bits per heavy atom. The normalized spacial score (nSPS) is 17.4. The molecule has 0 bridgehead atoms. The summed E-state index contributed by atoms with van der Waals surface area (Å²) in [7, 11) is 1.65. The molecule has 118 valence electrons. The van der Waals surface area contributed by atoms with Gasteiger partial charge >= 0.3 is 0 Å². The third-order valence-corrected chi connectivity index (χ3v) is 4.06. The van der Waals surface area contributed by atoms with Gasteiger partial charge in [-0.2, -0.15) is 4.98 Å². The molecule has 3 rings (SSSR count). The molecule has 0 radical (unpaired) electrons. The number of ether oxygens (including phenoxy) is 2. The van der Waals surface area contributed by atoms with Gasteiger partial charge in [-0.3, -0.25) is 0 Å². The van der Waals surface area contributed by atoms with Crippen molar-refractivity contribution in [3.05, 3.63) is 41.5 Å². The maximum atomic E-state index is 6.25. The van der Waals surface area contributed by atoms with Crippen LogP contribution in [0.3, 0.4) is 0 Å². The highest BCUT2D eigenvalue weighted by atomic mass is 16.5. The summed E-state index contributed by atoms with van der Waals surface area (Å²) in [6.45, 7) is 1.51. The van der Waals surface area contributed by atoms with Crippen molar-refractivity contribution in [2.75, 3.05) is 20.3 Å². The monoisotopic (exact) mass is 303 g/mol. The summed E-state index contributed by atoms with van der Waals surface area (Å²) in [6, 6.07) is 7.62. The highest BCUT2D eigenvalue weighted by Gasteiger charge is 2.26. The van der Waals surface area contributed by atoms with Gasteiger partial charge < -0.3 is 19.7 Å². The minimum atomic E-state index is -0.207. The Kier molecular flexibility index (Phi) is 4.70. The van der Waals surface area contributed by atoms with Gasteiger partial charge in [-0.15, -0.1) is 0 Å². The van der Waals surface area contributed by atoms with E-state index in [0.717, 1.165) is 37.4 Å². The van der Waals surface area contributed by atoms with E-state index in [9.17, 15) is 0 Å². The topological polar surface area (TPSA) is 83.4 Å². The third-order valence-electron chi connectivity index (χ3n) is 4.06. The first-order chi connectivity index (χ1) is 10.8. The smallest absolute Gasteiger partial charge is 0.243 e. The Morgan fingerprint density at radius 2 is 2.00 bits per heavy atom.